The average molecular weight is 350 g/mol. The third-order valence-corrected chi connectivity index (χ3v) is 6.39. The van der Waals surface area contributed by atoms with Crippen molar-refractivity contribution < 1.29 is 19.5 Å². The first kappa shape index (κ1) is 18.2. The van der Waals surface area contributed by atoms with Crippen LogP contribution in [0.3, 0.4) is 0 Å². The summed E-state index contributed by atoms with van der Waals surface area (Å²) in [6, 6.07) is -0.603. The second kappa shape index (κ2) is 6.96. The molecule has 1 unspecified atom stereocenters. The van der Waals surface area contributed by atoms with Crippen LogP contribution in [0.2, 0.25) is 0 Å². The van der Waals surface area contributed by atoms with Crippen LogP contribution in [0.15, 0.2) is 0 Å². The smallest absolute Gasteiger partial charge is 0.305 e. The first-order valence-electron chi connectivity index (χ1n) is 9.59. The van der Waals surface area contributed by atoms with Gasteiger partial charge in [-0.15, -0.1) is 0 Å². The predicted octanol–water partition coefficient (Wildman–Crippen LogP) is 1.93. The summed E-state index contributed by atoms with van der Waals surface area (Å²) in [7, 11) is 0. The van der Waals surface area contributed by atoms with Crippen molar-refractivity contribution in [3.8, 4) is 0 Å². The van der Waals surface area contributed by atoms with Gasteiger partial charge in [-0.2, -0.15) is 0 Å². The highest BCUT2D eigenvalue weighted by molar-refractivity contribution is 5.90. The molecule has 4 saturated carbocycles. The molecule has 140 valence electrons. The van der Waals surface area contributed by atoms with E-state index in [2.05, 4.69) is 10.6 Å². The van der Waals surface area contributed by atoms with Crippen molar-refractivity contribution in [2.45, 2.75) is 64.8 Å². The summed E-state index contributed by atoms with van der Waals surface area (Å²) in [6.45, 7) is 3.90. The van der Waals surface area contributed by atoms with Gasteiger partial charge in [0.1, 0.15) is 6.04 Å². The highest BCUT2D eigenvalue weighted by atomic mass is 16.4. The largest absolute Gasteiger partial charge is 0.481 e. The minimum atomic E-state index is -0.945. The number of carboxylic acids is 1. The van der Waals surface area contributed by atoms with Crippen molar-refractivity contribution in [1.29, 1.82) is 0 Å². The van der Waals surface area contributed by atoms with Crippen molar-refractivity contribution in [2.24, 2.45) is 29.1 Å². The number of hydrogen-bond donors (Lipinski definition) is 3. The zero-order chi connectivity index (χ0) is 18.2. The molecule has 4 rings (SSSR count). The molecule has 0 saturated heterocycles. The van der Waals surface area contributed by atoms with Crippen LogP contribution in [-0.2, 0) is 14.4 Å². The molecule has 0 aromatic rings. The lowest BCUT2D eigenvalue weighted by molar-refractivity contribution is -0.149. The molecule has 1 atom stereocenters. The summed E-state index contributed by atoms with van der Waals surface area (Å²) in [5.74, 6) is 0.811. The maximum absolute atomic E-state index is 13.1. The van der Waals surface area contributed by atoms with Crippen LogP contribution in [0.1, 0.15) is 58.8 Å². The zero-order valence-corrected chi connectivity index (χ0v) is 15.2. The summed E-state index contributed by atoms with van der Waals surface area (Å²) >= 11 is 0. The molecule has 4 bridgehead atoms. The number of hydrogen-bond acceptors (Lipinski definition) is 3. The number of aliphatic carboxylic acids is 1. The van der Waals surface area contributed by atoms with E-state index in [-0.39, 0.29) is 36.1 Å². The van der Waals surface area contributed by atoms with Gasteiger partial charge in [0.15, 0.2) is 0 Å². The van der Waals surface area contributed by atoms with E-state index in [1.54, 1.807) is 0 Å². The van der Waals surface area contributed by atoms with E-state index in [9.17, 15) is 14.4 Å². The third kappa shape index (κ3) is 3.82. The van der Waals surface area contributed by atoms with Gasteiger partial charge in [0.05, 0.1) is 6.42 Å². The molecule has 0 aliphatic heterocycles. The number of carboxylic acid groups (broad SMARTS) is 1. The molecule has 4 fully saturated rings. The molecule has 4 aliphatic rings. The molecular weight excluding hydrogens is 320 g/mol. The van der Waals surface area contributed by atoms with E-state index in [0.717, 1.165) is 19.3 Å². The summed E-state index contributed by atoms with van der Waals surface area (Å²) in [6.07, 6.45) is 6.61. The molecule has 0 heterocycles. The number of rotatable bonds is 7. The van der Waals surface area contributed by atoms with Crippen LogP contribution >= 0.6 is 0 Å². The quantitative estimate of drug-likeness (QED) is 0.654. The Labute approximate surface area is 149 Å². The van der Waals surface area contributed by atoms with E-state index >= 15 is 0 Å². The van der Waals surface area contributed by atoms with E-state index < -0.39 is 12.0 Å². The normalized spacial score (nSPS) is 34.0. The monoisotopic (exact) mass is 350 g/mol. The lowest BCUT2D eigenvalue weighted by Crippen LogP contribution is -2.58. The van der Waals surface area contributed by atoms with Crippen molar-refractivity contribution in [1.82, 2.24) is 10.6 Å². The molecule has 4 aliphatic carbocycles. The molecule has 6 heteroatoms. The second-order valence-electron chi connectivity index (χ2n) is 8.83. The predicted molar refractivity (Wildman–Crippen MR) is 92.6 cm³/mol. The topological polar surface area (TPSA) is 95.5 Å². The fourth-order valence-corrected chi connectivity index (χ4v) is 5.62. The van der Waals surface area contributed by atoms with E-state index in [4.69, 9.17) is 5.11 Å². The summed E-state index contributed by atoms with van der Waals surface area (Å²) in [5.41, 5.74) is -0.275. The lowest BCUT2D eigenvalue weighted by Gasteiger charge is -2.55. The van der Waals surface area contributed by atoms with Crippen LogP contribution in [0.25, 0.3) is 0 Å². The molecule has 6 nitrogen and oxygen atoms in total. The Hall–Kier alpha value is -1.59. The highest BCUT2D eigenvalue weighted by Crippen LogP contribution is 2.60. The average Bonchev–Trinajstić information content (AvgIpc) is 2.50. The second-order valence-corrected chi connectivity index (χ2v) is 8.83. The van der Waals surface area contributed by atoms with Crippen molar-refractivity contribution >= 4 is 17.8 Å². The van der Waals surface area contributed by atoms with Crippen LogP contribution in [0.4, 0.5) is 0 Å². The highest BCUT2D eigenvalue weighted by Gasteiger charge is 2.55. The zero-order valence-electron chi connectivity index (χ0n) is 15.2. The molecule has 0 aromatic carbocycles. The van der Waals surface area contributed by atoms with Crippen LogP contribution in [0.5, 0.6) is 0 Å². The number of carbonyl (C=O) groups is 3. The standard InChI is InChI=1S/C19H30N2O4/c1-11(2)16(17(24)20-4-3-15(22)23)21-18(25)19-8-12-5-13(9-19)7-14(6-12)10-19/h11-14,16H,3-10H2,1-2H3,(H,20,24)(H,21,25)(H,22,23). The molecule has 0 spiro atoms. The van der Waals surface area contributed by atoms with Gasteiger partial charge >= 0.3 is 5.97 Å². The molecule has 3 N–H and O–H groups in total. The van der Waals surface area contributed by atoms with Gasteiger partial charge in [0, 0.05) is 12.0 Å². The van der Waals surface area contributed by atoms with E-state index in [0.29, 0.717) is 17.8 Å². The van der Waals surface area contributed by atoms with Gasteiger partial charge in [-0.25, -0.2) is 0 Å². The summed E-state index contributed by atoms with van der Waals surface area (Å²) in [4.78, 5) is 36.1. The molecule has 0 aromatic heterocycles. The summed E-state index contributed by atoms with van der Waals surface area (Å²) < 4.78 is 0. The molecule has 2 amide bonds. The maximum Gasteiger partial charge on any atom is 0.305 e. The van der Waals surface area contributed by atoms with E-state index in [1.807, 2.05) is 13.8 Å². The maximum atomic E-state index is 13.1. The molecule has 0 radical (unpaired) electrons. The SMILES string of the molecule is CC(C)C(NC(=O)C12CC3CC(CC(C3)C1)C2)C(=O)NCCC(=O)O. The van der Waals surface area contributed by atoms with Gasteiger partial charge < -0.3 is 15.7 Å². The van der Waals surface area contributed by atoms with Crippen molar-refractivity contribution in [3.05, 3.63) is 0 Å². The van der Waals surface area contributed by atoms with Crippen molar-refractivity contribution in [2.75, 3.05) is 6.54 Å². The molecule has 25 heavy (non-hydrogen) atoms. The molecular formula is C19H30N2O4. The van der Waals surface area contributed by atoms with Crippen LogP contribution in [0, 0.1) is 29.1 Å². The minimum absolute atomic E-state index is 0.0392. The Morgan fingerprint density at radius 1 is 1.04 bits per heavy atom. The number of nitrogens with one attached hydrogen (secondary N) is 2. The Balaban J connectivity index is 1.63. The third-order valence-electron chi connectivity index (χ3n) is 6.39. The van der Waals surface area contributed by atoms with Gasteiger partial charge in [-0.05, 0) is 62.2 Å². The number of carbonyl (C=O) groups excluding carboxylic acids is 2. The first-order valence-corrected chi connectivity index (χ1v) is 9.59. The van der Waals surface area contributed by atoms with Crippen LogP contribution < -0.4 is 10.6 Å². The van der Waals surface area contributed by atoms with Gasteiger partial charge in [-0.1, -0.05) is 13.8 Å². The summed E-state index contributed by atoms with van der Waals surface area (Å²) in [5, 5.41) is 14.3. The Morgan fingerprint density at radius 2 is 1.56 bits per heavy atom. The lowest BCUT2D eigenvalue weighted by atomic mass is 9.49. The number of amides is 2. The fraction of sp³-hybridized carbons (Fsp3) is 0.842. The van der Waals surface area contributed by atoms with Crippen LogP contribution in [-0.4, -0.2) is 35.5 Å². The Morgan fingerprint density at radius 3 is 2.00 bits per heavy atom. The van der Waals surface area contributed by atoms with Gasteiger partial charge in [0.2, 0.25) is 11.8 Å². The van der Waals surface area contributed by atoms with Crippen molar-refractivity contribution in [3.63, 3.8) is 0 Å². The Kier molecular flexibility index (Phi) is 5.07. The Bertz CT molecular complexity index is 522. The van der Waals surface area contributed by atoms with Gasteiger partial charge in [0.25, 0.3) is 0 Å². The minimum Gasteiger partial charge on any atom is -0.481 e. The van der Waals surface area contributed by atoms with E-state index in [1.165, 1.54) is 19.3 Å². The van der Waals surface area contributed by atoms with Gasteiger partial charge in [-0.3, -0.25) is 14.4 Å². The first-order chi connectivity index (χ1) is 11.8. The fourth-order valence-electron chi connectivity index (χ4n) is 5.62.